The second-order valence-corrected chi connectivity index (χ2v) is 4.55. The number of hydrogen-bond donors (Lipinski definition) is 2. The first kappa shape index (κ1) is 14.4. The zero-order valence-electron chi connectivity index (χ0n) is 10.3. The Kier molecular flexibility index (Phi) is 6.52. The Labute approximate surface area is 92.6 Å². The molecule has 0 aromatic rings. The van der Waals surface area contributed by atoms with Crippen LogP contribution in [0, 0.1) is 5.92 Å². The molecule has 0 bridgehead atoms. The standard InChI is InChI=1S/C11H24N2O2/c1-9(2)5-6-11(3,10(12)14)13-7-8-15-4/h9,13H,5-8H2,1-4H3,(H2,12,14). The largest absolute Gasteiger partial charge is 0.383 e. The lowest BCUT2D eigenvalue weighted by Crippen LogP contribution is -2.54. The molecule has 0 heterocycles. The van der Waals surface area contributed by atoms with E-state index in [4.69, 9.17) is 10.5 Å². The number of amides is 1. The minimum Gasteiger partial charge on any atom is -0.383 e. The van der Waals surface area contributed by atoms with E-state index in [9.17, 15) is 4.79 Å². The molecule has 0 aromatic heterocycles. The third-order valence-electron chi connectivity index (χ3n) is 2.59. The van der Waals surface area contributed by atoms with Gasteiger partial charge in [-0.25, -0.2) is 0 Å². The summed E-state index contributed by atoms with van der Waals surface area (Å²) < 4.78 is 4.93. The van der Waals surface area contributed by atoms with Crippen molar-refractivity contribution < 1.29 is 9.53 Å². The third-order valence-corrected chi connectivity index (χ3v) is 2.59. The van der Waals surface area contributed by atoms with E-state index in [2.05, 4.69) is 19.2 Å². The van der Waals surface area contributed by atoms with Gasteiger partial charge in [-0.1, -0.05) is 13.8 Å². The van der Waals surface area contributed by atoms with E-state index in [0.29, 0.717) is 19.1 Å². The number of carbonyl (C=O) groups is 1. The Bertz CT molecular complexity index is 195. The minimum absolute atomic E-state index is 0.292. The summed E-state index contributed by atoms with van der Waals surface area (Å²) in [6, 6.07) is 0. The van der Waals surface area contributed by atoms with E-state index in [1.165, 1.54) is 0 Å². The lowest BCUT2D eigenvalue weighted by molar-refractivity contribution is -0.124. The van der Waals surface area contributed by atoms with Crippen LogP contribution < -0.4 is 11.1 Å². The second-order valence-electron chi connectivity index (χ2n) is 4.55. The summed E-state index contributed by atoms with van der Waals surface area (Å²) in [5, 5.41) is 3.15. The van der Waals surface area contributed by atoms with Crippen LogP contribution in [0.3, 0.4) is 0 Å². The van der Waals surface area contributed by atoms with E-state index in [0.717, 1.165) is 12.8 Å². The highest BCUT2D eigenvalue weighted by molar-refractivity contribution is 5.84. The summed E-state index contributed by atoms with van der Waals surface area (Å²) in [6.45, 7) is 7.36. The fourth-order valence-corrected chi connectivity index (χ4v) is 1.31. The highest BCUT2D eigenvalue weighted by Gasteiger charge is 2.29. The van der Waals surface area contributed by atoms with Gasteiger partial charge >= 0.3 is 0 Å². The predicted molar refractivity (Wildman–Crippen MR) is 61.6 cm³/mol. The number of primary amides is 1. The maximum atomic E-state index is 11.3. The molecule has 0 saturated heterocycles. The maximum absolute atomic E-state index is 11.3. The van der Waals surface area contributed by atoms with Crippen LogP contribution in [0.1, 0.15) is 33.6 Å². The van der Waals surface area contributed by atoms with Gasteiger partial charge in [-0.3, -0.25) is 4.79 Å². The Morgan fingerprint density at radius 3 is 2.53 bits per heavy atom. The molecule has 1 unspecified atom stereocenters. The average Bonchev–Trinajstić information content (AvgIpc) is 2.15. The summed E-state index contributed by atoms with van der Waals surface area (Å²) in [6.07, 6.45) is 1.75. The van der Waals surface area contributed by atoms with Crippen LogP contribution in [0.15, 0.2) is 0 Å². The van der Waals surface area contributed by atoms with Crippen LogP contribution in [0.2, 0.25) is 0 Å². The summed E-state index contributed by atoms with van der Waals surface area (Å²) in [7, 11) is 1.64. The lowest BCUT2D eigenvalue weighted by Gasteiger charge is -2.28. The Hall–Kier alpha value is -0.610. The summed E-state index contributed by atoms with van der Waals surface area (Å²) >= 11 is 0. The van der Waals surface area contributed by atoms with Crippen molar-refractivity contribution in [2.45, 2.75) is 39.2 Å². The molecular weight excluding hydrogens is 192 g/mol. The zero-order chi connectivity index (χ0) is 11.9. The molecule has 0 aliphatic rings. The SMILES string of the molecule is COCCNC(C)(CCC(C)C)C(N)=O. The highest BCUT2D eigenvalue weighted by atomic mass is 16.5. The number of hydrogen-bond acceptors (Lipinski definition) is 3. The van der Waals surface area contributed by atoms with Crippen molar-refractivity contribution >= 4 is 5.91 Å². The fraction of sp³-hybridized carbons (Fsp3) is 0.909. The minimum atomic E-state index is -0.608. The molecule has 0 spiro atoms. The van der Waals surface area contributed by atoms with E-state index in [1.807, 2.05) is 6.92 Å². The van der Waals surface area contributed by atoms with Gasteiger partial charge in [-0.15, -0.1) is 0 Å². The first-order valence-corrected chi connectivity index (χ1v) is 5.46. The fourth-order valence-electron chi connectivity index (χ4n) is 1.31. The number of ether oxygens (including phenoxy) is 1. The van der Waals surface area contributed by atoms with Crippen molar-refractivity contribution in [3.63, 3.8) is 0 Å². The molecule has 90 valence electrons. The molecule has 1 amide bonds. The van der Waals surface area contributed by atoms with Gasteiger partial charge < -0.3 is 15.8 Å². The Morgan fingerprint density at radius 2 is 2.13 bits per heavy atom. The monoisotopic (exact) mass is 216 g/mol. The number of carbonyl (C=O) groups excluding carboxylic acids is 1. The van der Waals surface area contributed by atoms with E-state index in [1.54, 1.807) is 7.11 Å². The van der Waals surface area contributed by atoms with Gasteiger partial charge in [0, 0.05) is 13.7 Å². The van der Waals surface area contributed by atoms with E-state index >= 15 is 0 Å². The van der Waals surface area contributed by atoms with Crippen molar-refractivity contribution in [3.05, 3.63) is 0 Å². The van der Waals surface area contributed by atoms with Crippen LogP contribution in [0.4, 0.5) is 0 Å². The van der Waals surface area contributed by atoms with Gasteiger partial charge in [0.25, 0.3) is 0 Å². The molecule has 0 fully saturated rings. The number of nitrogens with two attached hydrogens (primary N) is 1. The van der Waals surface area contributed by atoms with Crippen LogP contribution in [-0.4, -0.2) is 31.7 Å². The van der Waals surface area contributed by atoms with Gasteiger partial charge in [0.2, 0.25) is 5.91 Å². The number of rotatable bonds is 8. The molecular formula is C11H24N2O2. The zero-order valence-corrected chi connectivity index (χ0v) is 10.3. The molecule has 0 rings (SSSR count). The van der Waals surface area contributed by atoms with Crippen molar-refractivity contribution in [1.82, 2.24) is 5.32 Å². The molecule has 3 N–H and O–H groups in total. The lowest BCUT2D eigenvalue weighted by atomic mass is 9.91. The van der Waals surface area contributed by atoms with Gasteiger partial charge in [-0.2, -0.15) is 0 Å². The average molecular weight is 216 g/mol. The van der Waals surface area contributed by atoms with Gasteiger partial charge in [0.1, 0.15) is 0 Å². The van der Waals surface area contributed by atoms with Crippen LogP contribution in [0.5, 0.6) is 0 Å². The predicted octanol–water partition coefficient (Wildman–Crippen LogP) is 0.903. The van der Waals surface area contributed by atoms with E-state index < -0.39 is 5.54 Å². The Balaban J connectivity index is 4.13. The van der Waals surface area contributed by atoms with Crippen LogP contribution in [0.25, 0.3) is 0 Å². The molecule has 15 heavy (non-hydrogen) atoms. The van der Waals surface area contributed by atoms with Gasteiger partial charge in [0.15, 0.2) is 0 Å². The summed E-state index contributed by atoms with van der Waals surface area (Å²) in [5.74, 6) is 0.284. The first-order chi connectivity index (χ1) is 6.92. The molecule has 0 aromatic carbocycles. The van der Waals surface area contributed by atoms with Crippen LogP contribution >= 0.6 is 0 Å². The number of nitrogens with one attached hydrogen (secondary N) is 1. The summed E-state index contributed by atoms with van der Waals surface area (Å²) in [4.78, 5) is 11.3. The van der Waals surface area contributed by atoms with Crippen molar-refractivity contribution in [3.8, 4) is 0 Å². The maximum Gasteiger partial charge on any atom is 0.237 e. The first-order valence-electron chi connectivity index (χ1n) is 5.46. The van der Waals surface area contributed by atoms with Crippen molar-refractivity contribution in [2.24, 2.45) is 11.7 Å². The Morgan fingerprint density at radius 1 is 1.53 bits per heavy atom. The highest BCUT2D eigenvalue weighted by Crippen LogP contribution is 2.15. The van der Waals surface area contributed by atoms with E-state index in [-0.39, 0.29) is 5.91 Å². The van der Waals surface area contributed by atoms with Gasteiger partial charge in [0.05, 0.1) is 12.1 Å². The molecule has 4 heteroatoms. The van der Waals surface area contributed by atoms with Crippen molar-refractivity contribution in [1.29, 1.82) is 0 Å². The van der Waals surface area contributed by atoms with Gasteiger partial charge in [-0.05, 0) is 25.7 Å². The molecule has 0 aliphatic carbocycles. The van der Waals surface area contributed by atoms with Crippen molar-refractivity contribution in [2.75, 3.05) is 20.3 Å². The topological polar surface area (TPSA) is 64.3 Å². The molecule has 0 radical (unpaired) electrons. The summed E-state index contributed by atoms with van der Waals surface area (Å²) in [5.41, 5.74) is 4.79. The molecule has 0 aliphatic heterocycles. The normalized spacial score (nSPS) is 15.3. The molecule has 1 atom stereocenters. The smallest absolute Gasteiger partial charge is 0.237 e. The molecule has 0 saturated carbocycles. The third kappa shape index (κ3) is 5.74. The number of methoxy groups -OCH3 is 1. The quantitative estimate of drug-likeness (QED) is 0.593. The van der Waals surface area contributed by atoms with Crippen LogP contribution in [-0.2, 0) is 9.53 Å². The molecule has 4 nitrogen and oxygen atoms in total. The second kappa shape index (κ2) is 6.80.